The van der Waals surface area contributed by atoms with Gasteiger partial charge in [-0.15, -0.1) is 0 Å². The van der Waals surface area contributed by atoms with Gasteiger partial charge in [0, 0.05) is 62.3 Å². The second-order valence-corrected chi connectivity index (χ2v) is 7.77. The Morgan fingerprint density at radius 1 is 1.32 bits per heavy atom. The average molecular weight is 383 g/mol. The van der Waals surface area contributed by atoms with Crippen molar-refractivity contribution in [2.24, 2.45) is 0 Å². The molecule has 1 fully saturated rings. The lowest BCUT2D eigenvalue weighted by molar-refractivity contribution is 0.0906. The molecule has 2 aliphatic heterocycles. The van der Waals surface area contributed by atoms with Crippen LogP contribution in [0.25, 0.3) is 0 Å². The highest BCUT2D eigenvalue weighted by atomic mass is 16.5. The minimum atomic E-state index is -0.0254. The number of piperidine rings is 1. The van der Waals surface area contributed by atoms with Crippen LogP contribution in [0.2, 0.25) is 0 Å². The number of ether oxygens (including phenoxy) is 1. The molecular weight excluding hydrogens is 354 g/mol. The molecule has 0 saturated carbocycles. The summed E-state index contributed by atoms with van der Waals surface area (Å²) < 4.78 is 7.81. The first-order chi connectivity index (χ1) is 13.6. The van der Waals surface area contributed by atoms with Crippen LogP contribution in [-0.4, -0.2) is 51.3 Å². The number of likely N-dealkylation sites (tertiary alicyclic amines) is 1. The van der Waals surface area contributed by atoms with E-state index in [4.69, 9.17) is 9.84 Å². The number of rotatable bonds is 5. The van der Waals surface area contributed by atoms with Crippen molar-refractivity contribution >= 4 is 5.91 Å². The Labute approximate surface area is 166 Å². The molecule has 0 radical (unpaired) electrons. The van der Waals surface area contributed by atoms with E-state index < -0.39 is 0 Å². The molecule has 2 aliphatic rings. The monoisotopic (exact) mass is 383 g/mol. The smallest absolute Gasteiger partial charge is 0.253 e. The van der Waals surface area contributed by atoms with E-state index in [2.05, 4.69) is 26.8 Å². The Bertz CT molecular complexity index is 839. The van der Waals surface area contributed by atoms with Crippen molar-refractivity contribution in [2.45, 2.75) is 58.8 Å². The molecule has 0 atom stereocenters. The Morgan fingerprint density at radius 2 is 2.14 bits per heavy atom. The number of amides is 1. The first-order valence-electron chi connectivity index (χ1n) is 10.2. The Morgan fingerprint density at radius 3 is 2.89 bits per heavy atom. The van der Waals surface area contributed by atoms with Crippen LogP contribution in [0.15, 0.2) is 18.5 Å². The molecule has 7 heteroatoms. The predicted molar refractivity (Wildman–Crippen MR) is 106 cm³/mol. The summed E-state index contributed by atoms with van der Waals surface area (Å²) in [5.41, 5.74) is 5.43. The topological polar surface area (TPSA) is 72.3 Å². The number of nitrogens with zero attached hydrogens (tertiary/aromatic N) is 4. The number of hydrogen-bond acceptors (Lipinski definition) is 5. The number of pyridine rings is 1. The van der Waals surface area contributed by atoms with E-state index in [1.807, 2.05) is 13.0 Å². The van der Waals surface area contributed by atoms with Crippen LogP contribution in [-0.2, 0) is 30.9 Å². The van der Waals surface area contributed by atoms with Gasteiger partial charge in [0.05, 0.1) is 24.5 Å². The lowest BCUT2D eigenvalue weighted by atomic mass is 10.0. The summed E-state index contributed by atoms with van der Waals surface area (Å²) in [6, 6.07) is 2.10. The fourth-order valence-corrected chi connectivity index (χ4v) is 4.16. The van der Waals surface area contributed by atoms with E-state index >= 15 is 0 Å². The maximum Gasteiger partial charge on any atom is 0.253 e. The number of carbonyl (C=O) groups is 1. The molecular formula is C21H29N5O2. The van der Waals surface area contributed by atoms with E-state index in [9.17, 15) is 4.79 Å². The van der Waals surface area contributed by atoms with Crippen molar-refractivity contribution in [1.29, 1.82) is 0 Å². The SMILES string of the molecule is CCn1nc(CN2CCC(NC(=O)c3cncc(C)c3)CC2)c2c1CCOC2. The van der Waals surface area contributed by atoms with E-state index in [1.165, 1.54) is 11.3 Å². The summed E-state index contributed by atoms with van der Waals surface area (Å²) in [6.45, 7) is 9.26. The molecule has 0 aromatic carbocycles. The number of nitrogens with one attached hydrogen (secondary N) is 1. The molecule has 28 heavy (non-hydrogen) atoms. The van der Waals surface area contributed by atoms with Gasteiger partial charge in [0.1, 0.15) is 0 Å². The molecule has 4 rings (SSSR count). The second-order valence-electron chi connectivity index (χ2n) is 7.77. The first-order valence-corrected chi connectivity index (χ1v) is 10.2. The molecule has 150 valence electrons. The Kier molecular flexibility index (Phi) is 5.73. The van der Waals surface area contributed by atoms with Crippen molar-refractivity contribution in [1.82, 2.24) is 25.0 Å². The van der Waals surface area contributed by atoms with Gasteiger partial charge in [-0.25, -0.2) is 0 Å². The molecule has 1 amide bonds. The average Bonchev–Trinajstić information content (AvgIpc) is 3.07. The Hall–Kier alpha value is -2.25. The first kappa shape index (κ1) is 19.1. The molecule has 0 bridgehead atoms. The summed E-state index contributed by atoms with van der Waals surface area (Å²) in [7, 11) is 0. The summed E-state index contributed by atoms with van der Waals surface area (Å²) in [5, 5.41) is 8.00. The van der Waals surface area contributed by atoms with Gasteiger partial charge in [-0.3, -0.25) is 19.4 Å². The lowest BCUT2D eigenvalue weighted by Gasteiger charge is -2.32. The highest BCUT2D eigenvalue weighted by Crippen LogP contribution is 2.23. The minimum Gasteiger partial charge on any atom is -0.376 e. The molecule has 0 aliphatic carbocycles. The fourth-order valence-electron chi connectivity index (χ4n) is 4.16. The van der Waals surface area contributed by atoms with Gasteiger partial charge in [0.25, 0.3) is 5.91 Å². The van der Waals surface area contributed by atoms with Crippen LogP contribution in [0.4, 0.5) is 0 Å². The quantitative estimate of drug-likeness (QED) is 0.856. The van der Waals surface area contributed by atoms with Crippen molar-refractivity contribution in [3.05, 3.63) is 46.5 Å². The molecule has 1 saturated heterocycles. The van der Waals surface area contributed by atoms with Crippen LogP contribution < -0.4 is 5.32 Å². The van der Waals surface area contributed by atoms with Gasteiger partial charge in [-0.05, 0) is 38.3 Å². The van der Waals surface area contributed by atoms with Crippen molar-refractivity contribution < 1.29 is 9.53 Å². The molecule has 4 heterocycles. The zero-order valence-corrected chi connectivity index (χ0v) is 16.8. The maximum atomic E-state index is 12.4. The second kappa shape index (κ2) is 8.41. The number of hydrogen-bond donors (Lipinski definition) is 1. The van der Waals surface area contributed by atoms with Crippen LogP contribution in [0.5, 0.6) is 0 Å². The van der Waals surface area contributed by atoms with Gasteiger partial charge in [0.15, 0.2) is 0 Å². The predicted octanol–water partition coefficient (Wildman–Crippen LogP) is 2.07. The molecule has 0 unspecified atom stereocenters. The number of aromatic nitrogens is 3. The van der Waals surface area contributed by atoms with Crippen molar-refractivity contribution in [3.8, 4) is 0 Å². The molecule has 2 aromatic heterocycles. The third-order valence-electron chi connectivity index (χ3n) is 5.71. The standard InChI is InChI=1S/C21H29N5O2/c1-3-26-20-6-9-28-14-18(20)19(24-26)13-25-7-4-17(5-8-25)23-21(27)16-10-15(2)11-22-12-16/h10-12,17H,3-9,13-14H2,1-2H3,(H,23,27). The minimum absolute atomic E-state index is 0.0254. The third-order valence-corrected chi connectivity index (χ3v) is 5.71. The van der Waals surface area contributed by atoms with Crippen LogP contribution in [0, 0.1) is 6.92 Å². The maximum absolute atomic E-state index is 12.4. The molecule has 7 nitrogen and oxygen atoms in total. The van der Waals surface area contributed by atoms with E-state index in [0.717, 1.165) is 63.3 Å². The lowest BCUT2D eigenvalue weighted by Crippen LogP contribution is -2.44. The van der Waals surface area contributed by atoms with Crippen molar-refractivity contribution in [3.63, 3.8) is 0 Å². The summed E-state index contributed by atoms with van der Waals surface area (Å²) in [4.78, 5) is 19.0. The van der Waals surface area contributed by atoms with E-state index in [0.29, 0.717) is 12.2 Å². The number of aryl methyl sites for hydroxylation is 2. The largest absolute Gasteiger partial charge is 0.376 e. The summed E-state index contributed by atoms with van der Waals surface area (Å²) in [5.74, 6) is -0.0254. The highest BCUT2D eigenvalue weighted by molar-refractivity contribution is 5.94. The molecule has 0 spiro atoms. The van der Waals surface area contributed by atoms with Gasteiger partial charge >= 0.3 is 0 Å². The highest BCUT2D eigenvalue weighted by Gasteiger charge is 2.25. The van der Waals surface area contributed by atoms with Crippen molar-refractivity contribution in [2.75, 3.05) is 19.7 Å². The summed E-state index contributed by atoms with van der Waals surface area (Å²) in [6.07, 6.45) is 6.26. The Balaban J connectivity index is 1.32. The molecule has 2 aromatic rings. The zero-order chi connectivity index (χ0) is 19.5. The van der Waals surface area contributed by atoms with Crippen LogP contribution >= 0.6 is 0 Å². The van der Waals surface area contributed by atoms with Crippen LogP contribution in [0.1, 0.15) is 52.6 Å². The fraction of sp³-hybridized carbons (Fsp3) is 0.571. The van der Waals surface area contributed by atoms with Gasteiger partial charge in [-0.1, -0.05) is 0 Å². The molecule has 1 N–H and O–H groups in total. The zero-order valence-electron chi connectivity index (χ0n) is 16.8. The van der Waals surface area contributed by atoms with Gasteiger partial charge < -0.3 is 10.1 Å². The third kappa shape index (κ3) is 4.10. The van der Waals surface area contributed by atoms with Gasteiger partial charge in [0.2, 0.25) is 0 Å². The van der Waals surface area contributed by atoms with Gasteiger partial charge in [-0.2, -0.15) is 5.10 Å². The van der Waals surface area contributed by atoms with E-state index in [1.54, 1.807) is 12.4 Å². The number of carbonyl (C=O) groups excluding carboxylic acids is 1. The van der Waals surface area contributed by atoms with Crippen LogP contribution in [0.3, 0.4) is 0 Å². The number of fused-ring (bicyclic) bond motifs is 1. The summed E-state index contributed by atoms with van der Waals surface area (Å²) >= 11 is 0. The normalized spacial score (nSPS) is 18.1. The van der Waals surface area contributed by atoms with E-state index in [-0.39, 0.29) is 11.9 Å².